The monoisotopic (exact) mass is 482 g/mol. The van der Waals surface area contributed by atoms with Crippen LogP contribution in [0.4, 0.5) is 4.39 Å². The van der Waals surface area contributed by atoms with Crippen LogP contribution in [-0.2, 0) is 4.79 Å². The van der Waals surface area contributed by atoms with E-state index in [1.807, 2.05) is 43.3 Å². The minimum atomic E-state index is -0.998. The molecular formula is C26H21Cl2FN2O2. The number of aromatic amines is 1. The zero-order chi connectivity index (χ0) is 22.7. The second-order valence-electron chi connectivity index (χ2n) is 7.30. The van der Waals surface area contributed by atoms with Crippen molar-refractivity contribution in [2.24, 2.45) is 0 Å². The van der Waals surface area contributed by atoms with E-state index in [4.69, 9.17) is 16.7 Å². The Morgan fingerprint density at radius 1 is 1.09 bits per heavy atom. The summed E-state index contributed by atoms with van der Waals surface area (Å²) in [4.78, 5) is 10.8. The third-order valence-electron chi connectivity index (χ3n) is 5.26. The molecule has 0 atom stereocenters. The Labute approximate surface area is 201 Å². The Balaban J connectivity index is 0.00000306. The number of rotatable bonds is 6. The molecule has 4 aromatic rings. The highest BCUT2D eigenvalue weighted by Gasteiger charge is 2.16. The van der Waals surface area contributed by atoms with Gasteiger partial charge in [-0.3, -0.25) is 5.10 Å². The van der Waals surface area contributed by atoms with Crippen molar-refractivity contribution in [3.8, 4) is 0 Å². The van der Waals surface area contributed by atoms with Gasteiger partial charge in [0.1, 0.15) is 5.82 Å². The smallest absolute Gasteiger partial charge is 0.328 e. The summed E-state index contributed by atoms with van der Waals surface area (Å²) in [5, 5.41) is 17.3. The molecule has 0 spiro atoms. The molecule has 0 fully saturated rings. The van der Waals surface area contributed by atoms with E-state index in [0.29, 0.717) is 11.4 Å². The number of nitrogens with zero attached hydrogens (tertiary/aromatic N) is 1. The maximum atomic E-state index is 13.7. The van der Waals surface area contributed by atoms with Gasteiger partial charge in [-0.05, 0) is 70.2 Å². The van der Waals surface area contributed by atoms with Gasteiger partial charge in [-0.2, -0.15) is 5.10 Å². The van der Waals surface area contributed by atoms with Crippen LogP contribution in [0.15, 0.2) is 72.9 Å². The normalized spacial score (nSPS) is 12.0. The first-order valence-electron chi connectivity index (χ1n) is 10.1. The summed E-state index contributed by atoms with van der Waals surface area (Å²) in [7, 11) is 0. The number of aromatic nitrogens is 2. The highest BCUT2D eigenvalue weighted by Crippen LogP contribution is 2.38. The molecule has 0 bridgehead atoms. The Kier molecular flexibility index (Phi) is 7.69. The molecule has 0 aliphatic heterocycles. The van der Waals surface area contributed by atoms with Gasteiger partial charge in [0.25, 0.3) is 0 Å². The number of hydrogen-bond acceptors (Lipinski definition) is 2. The number of carboxylic acid groups (broad SMARTS) is 1. The van der Waals surface area contributed by atoms with E-state index < -0.39 is 5.97 Å². The van der Waals surface area contributed by atoms with Crippen LogP contribution in [-0.4, -0.2) is 21.3 Å². The quantitative estimate of drug-likeness (QED) is 0.224. The molecule has 168 valence electrons. The second kappa shape index (κ2) is 10.5. The minimum absolute atomic E-state index is 0. The summed E-state index contributed by atoms with van der Waals surface area (Å²) in [6, 6.07) is 18.1. The topological polar surface area (TPSA) is 66.0 Å². The molecule has 3 aromatic carbocycles. The van der Waals surface area contributed by atoms with Gasteiger partial charge in [0.15, 0.2) is 0 Å². The standard InChI is InChI=1S/C26H20ClFN2O2.ClH/c1-2-21(22-10-9-20(28)14-23(22)27)26(18-8-11-24-19(13-18)15-29-30-24)17-6-3-16(4-7-17)5-12-25(31)32;/h3-15H,2H2,1H3,(H,29,30)(H,31,32);1H. The van der Waals surface area contributed by atoms with Crippen molar-refractivity contribution in [3.63, 3.8) is 0 Å². The number of hydrogen-bond donors (Lipinski definition) is 2. The summed E-state index contributed by atoms with van der Waals surface area (Å²) in [6.07, 6.45) is 5.09. The van der Waals surface area contributed by atoms with E-state index >= 15 is 0 Å². The van der Waals surface area contributed by atoms with Crippen LogP contribution in [0.5, 0.6) is 0 Å². The summed E-state index contributed by atoms with van der Waals surface area (Å²) in [6.45, 7) is 2.04. The van der Waals surface area contributed by atoms with E-state index in [1.165, 1.54) is 12.1 Å². The first-order chi connectivity index (χ1) is 15.5. The summed E-state index contributed by atoms with van der Waals surface area (Å²) < 4.78 is 13.7. The lowest BCUT2D eigenvalue weighted by Gasteiger charge is -2.17. The fourth-order valence-electron chi connectivity index (χ4n) is 3.78. The average molecular weight is 483 g/mol. The first kappa shape index (κ1) is 24.2. The van der Waals surface area contributed by atoms with Gasteiger partial charge in [0.05, 0.1) is 16.7 Å². The van der Waals surface area contributed by atoms with Gasteiger partial charge in [-0.1, -0.05) is 54.9 Å². The average Bonchev–Trinajstić information content (AvgIpc) is 3.25. The van der Waals surface area contributed by atoms with Crippen LogP contribution in [0.1, 0.15) is 35.6 Å². The summed E-state index contributed by atoms with van der Waals surface area (Å²) in [5.74, 6) is -1.38. The zero-order valence-electron chi connectivity index (χ0n) is 17.7. The molecule has 0 unspecified atom stereocenters. The van der Waals surface area contributed by atoms with Crippen molar-refractivity contribution in [2.45, 2.75) is 13.3 Å². The maximum absolute atomic E-state index is 13.7. The van der Waals surface area contributed by atoms with E-state index in [9.17, 15) is 9.18 Å². The van der Waals surface area contributed by atoms with Gasteiger partial charge < -0.3 is 5.11 Å². The second-order valence-corrected chi connectivity index (χ2v) is 7.70. The van der Waals surface area contributed by atoms with Crippen LogP contribution >= 0.6 is 24.0 Å². The number of fused-ring (bicyclic) bond motifs is 1. The molecule has 1 heterocycles. The minimum Gasteiger partial charge on any atom is -0.478 e. The van der Waals surface area contributed by atoms with Gasteiger partial charge >= 0.3 is 5.97 Å². The molecule has 0 radical (unpaired) electrons. The molecule has 0 amide bonds. The van der Waals surface area contributed by atoms with E-state index in [1.54, 1.807) is 18.3 Å². The number of halogens is 3. The van der Waals surface area contributed by atoms with Crippen molar-refractivity contribution >= 4 is 58.1 Å². The predicted molar refractivity (Wildman–Crippen MR) is 134 cm³/mol. The summed E-state index contributed by atoms with van der Waals surface area (Å²) in [5.41, 5.74) is 6.35. The third kappa shape index (κ3) is 5.33. The van der Waals surface area contributed by atoms with Crippen LogP contribution in [0.3, 0.4) is 0 Å². The molecule has 0 saturated heterocycles. The SMILES string of the molecule is CCC(=C(c1ccc(C=CC(=O)O)cc1)c1ccc2[nH]ncc2c1)c1ccc(F)cc1Cl.Cl. The molecule has 1 aromatic heterocycles. The highest BCUT2D eigenvalue weighted by atomic mass is 35.5. The number of nitrogens with one attached hydrogen (secondary N) is 1. The van der Waals surface area contributed by atoms with Crippen LogP contribution in [0.25, 0.3) is 28.1 Å². The number of benzene rings is 3. The molecule has 2 N–H and O–H groups in total. The number of carbonyl (C=O) groups is 1. The third-order valence-corrected chi connectivity index (χ3v) is 5.57. The Morgan fingerprint density at radius 3 is 2.48 bits per heavy atom. The van der Waals surface area contributed by atoms with Crippen molar-refractivity contribution in [1.82, 2.24) is 10.2 Å². The molecule has 4 nitrogen and oxygen atoms in total. The van der Waals surface area contributed by atoms with Gasteiger partial charge in [0, 0.05) is 11.5 Å². The lowest BCUT2D eigenvalue weighted by atomic mass is 9.87. The van der Waals surface area contributed by atoms with E-state index in [-0.39, 0.29) is 18.2 Å². The lowest BCUT2D eigenvalue weighted by Crippen LogP contribution is -1.96. The van der Waals surface area contributed by atoms with Gasteiger partial charge in [0.2, 0.25) is 0 Å². The van der Waals surface area contributed by atoms with Crippen LogP contribution < -0.4 is 0 Å². The predicted octanol–water partition coefficient (Wildman–Crippen LogP) is 7.24. The molecular weight excluding hydrogens is 462 g/mol. The number of H-pyrrole nitrogens is 1. The van der Waals surface area contributed by atoms with Crippen molar-refractivity contribution in [1.29, 1.82) is 0 Å². The van der Waals surface area contributed by atoms with Crippen LogP contribution in [0.2, 0.25) is 5.02 Å². The van der Waals surface area contributed by atoms with Crippen LogP contribution in [0, 0.1) is 5.82 Å². The summed E-state index contributed by atoms with van der Waals surface area (Å²) >= 11 is 6.44. The molecule has 33 heavy (non-hydrogen) atoms. The number of aliphatic carboxylic acids is 1. The molecule has 0 aliphatic carbocycles. The first-order valence-corrected chi connectivity index (χ1v) is 10.5. The highest BCUT2D eigenvalue weighted by molar-refractivity contribution is 6.32. The molecule has 7 heteroatoms. The number of carboxylic acids is 1. The largest absolute Gasteiger partial charge is 0.478 e. The van der Waals surface area contributed by atoms with Crippen molar-refractivity contribution < 1.29 is 14.3 Å². The molecule has 0 saturated carbocycles. The Bertz CT molecular complexity index is 1360. The fraction of sp³-hybridized carbons (Fsp3) is 0.0769. The van der Waals surface area contributed by atoms with Crippen molar-refractivity contribution in [3.05, 3.63) is 106 Å². The van der Waals surface area contributed by atoms with E-state index in [0.717, 1.165) is 50.4 Å². The molecule has 0 aliphatic rings. The van der Waals surface area contributed by atoms with Gasteiger partial charge in [-0.25, -0.2) is 9.18 Å². The molecule has 4 rings (SSSR count). The van der Waals surface area contributed by atoms with Crippen molar-refractivity contribution in [2.75, 3.05) is 0 Å². The maximum Gasteiger partial charge on any atom is 0.328 e. The zero-order valence-corrected chi connectivity index (χ0v) is 19.3. The van der Waals surface area contributed by atoms with E-state index in [2.05, 4.69) is 16.3 Å². The lowest BCUT2D eigenvalue weighted by molar-refractivity contribution is -0.131. The fourth-order valence-corrected chi connectivity index (χ4v) is 4.06. The Morgan fingerprint density at radius 2 is 1.82 bits per heavy atom. The van der Waals surface area contributed by atoms with Gasteiger partial charge in [-0.15, -0.1) is 12.4 Å². The number of allylic oxidation sites excluding steroid dienone is 1. The Hall–Kier alpha value is -3.41.